The minimum absolute atomic E-state index is 0.258. The molecule has 0 aliphatic rings. The molecule has 0 aromatic heterocycles. The van der Waals surface area contributed by atoms with Crippen molar-refractivity contribution < 1.29 is 9.13 Å². The van der Waals surface area contributed by atoms with E-state index in [1.807, 2.05) is 25.1 Å². The highest BCUT2D eigenvalue weighted by molar-refractivity contribution is 5.71. The Balaban J connectivity index is 2.55. The standard InChI is InChI=1S/C15H16FNO/c1-9-7-13(16)12(8-14(9)17)11-4-5-15(18-3)10(2)6-11/h4-8H,17H2,1-3H3. The van der Waals surface area contributed by atoms with E-state index in [0.29, 0.717) is 11.3 Å². The first kappa shape index (κ1) is 12.4. The van der Waals surface area contributed by atoms with Crippen LogP contribution in [0.25, 0.3) is 11.1 Å². The summed E-state index contributed by atoms with van der Waals surface area (Å²) < 4.78 is 19.1. The van der Waals surface area contributed by atoms with Gasteiger partial charge < -0.3 is 10.5 Å². The Morgan fingerprint density at radius 1 is 1.06 bits per heavy atom. The van der Waals surface area contributed by atoms with Gasteiger partial charge in [-0.05, 0) is 54.8 Å². The van der Waals surface area contributed by atoms with Gasteiger partial charge in [-0.2, -0.15) is 0 Å². The smallest absolute Gasteiger partial charge is 0.131 e. The average molecular weight is 245 g/mol. The van der Waals surface area contributed by atoms with Crippen molar-refractivity contribution in [3.8, 4) is 16.9 Å². The summed E-state index contributed by atoms with van der Waals surface area (Å²) in [7, 11) is 1.62. The van der Waals surface area contributed by atoms with Crippen LogP contribution >= 0.6 is 0 Å². The second-order valence-corrected chi connectivity index (χ2v) is 4.37. The molecule has 18 heavy (non-hydrogen) atoms. The highest BCUT2D eigenvalue weighted by atomic mass is 19.1. The van der Waals surface area contributed by atoms with Crippen molar-refractivity contribution in [2.45, 2.75) is 13.8 Å². The number of methoxy groups -OCH3 is 1. The van der Waals surface area contributed by atoms with Crippen LogP contribution in [-0.4, -0.2) is 7.11 Å². The van der Waals surface area contributed by atoms with Crippen molar-refractivity contribution >= 4 is 5.69 Å². The Kier molecular flexibility index (Phi) is 3.24. The number of hydrogen-bond acceptors (Lipinski definition) is 2. The average Bonchev–Trinajstić information content (AvgIpc) is 2.33. The molecule has 0 amide bonds. The summed E-state index contributed by atoms with van der Waals surface area (Å²) in [6.45, 7) is 3.72. The Bertz CT molecular complexity index is 593. The maximum absolute atomic E-state index is 13.9. The second kappa shape index (κ2) is 4.69. The molecule has 2 aromatic rings. The van der Waals surface area contributed by atoms with Crippen molar-refractivity contribution in [1.29, 1.82) is 0 Å². The molecule has 0 aliphatic carbocycles. The Labute approximate surface area is 106 Å². The molecular weight excluding hydrogens is 229 g/mol. The highest BCUT2D eigenvalue weighted by Crippen LogP contribution is 2.30. The summed E-state index contributed by atoms with van der Waals surface area (Å²) in [5, 5.41) is 0. The molecule has 0 fully saturated rings. The lowest BCUT2D eigenvalue weighted by atomic mass is 10.00. The van der Waals surface area contributed by atoms with Crippen molar-refractivity contribution in [2.24, 2.45) is 0 Å². The molecule has 0 heterocycles. The lowest BCUT2D eigenvalue weighted by Gasteiger charge is -2.10. The molecule has 0 unspecified atom stereocenters. The summed E-state index contributed by atoms with van der Waals surface area (Å²) in [6, 6.07) is 8.70. The minimum atomic E-state index is -0.258. The zero-order chi connectivity index (χ0) is 13.3. The third kappa shape index (κ3) is 2.16. The van der Waals surface area contributed by atoms with E-state index < -0.39 is 0 Å². The van der Waals surface area contributed by atoms with Crippen LogP contribution in [0.15, 0.2) is 30.3 Å². The maximum atomic E-state index is 13.9. The minimum Gasteiger partial charge on any atom is -0.496 e. The van der Waals surface area contributed by atoms with E-state index in [4.69, 9.17) is 10.5 Å². The summed E-state index contributed by atoms with van der Waals surface area (Å²) in [5.41, 5.74) is 9.47. The number of aryl methyl sites for hydroxylation is 2. The molecule has 2 N–H and O–H groups in total. The first-order valence-electron chi connectivity index (χ1n) is 5.73. The first-order chi connectivity index (χ1) is 8.52. The van der Waals surface area contributed by atoms with Gasteiger partial charge in [-0.25, -0.2) is 4.39 Å². The second-order valence-electron chi connectivity index (χ2n) is 4.37. The third-order valence-corrected chi connectivity index (χ3v) is 3.06. The largest absolute Gasteiger partial charge is 0.496 e. The zero-order valence-corrected chi connectivity index (χ0v) is 10.8. The number of benzene rings is 2. The Morgan fingerprint density at radius 3 is 2.39 bits per heavy atom. The molecule has 2 aromatic carbocycles. The van der Waals surface area contributed by atoms with E-state index in [-0.39, 0.29) is 5.82 Å². The van der Waals surface area contributed by atoms with Crippen molar-refractivity contribution in [2.75, 3.05) is 12.8 Å². The molecule has 0 bridgehead atoms. The topological polar surface area (TPSA) is 35.2 Å². The molecule has 0 aliphatic heterocycles. The molecule has 0 saturated carbocycles. The van der Waals surface area contributed by atoms with Crippen LogP contribution < -0.4 is 10.5 Å². The summed E-state index contributed by atoms with van der Waals surface area (Å²) in [4.78, 5) is 0. The molecule has 2 nitrogen and oxygen atoms in total. The molecule has 0 spiro atoms. The fourth-order valence-corrected chi connectivity index (χ4v) is 1.96. The molecule has 0 radical (unpaired) electrons. The van der Waals surface area contributed by atoms with Crippen molar-refractivity contribution in [1.82, 2.24) is 0 Å². The van der Waals surface area contributed by atoms with Gasteiger partial charge in [-0.15, -0.1) is 0 Å². The van der Waals surface area contributed by atoms with Crippen LogP contribution in [0, 0.1) is 19.7 Å². The predicted octanol–water partition coefficient (Wildman–Crippen LogP) is 3.70. The van der Waals surface area contributed by atoms with Gasteiger partial charge in [0.15, 0.2) is 0 Å². The number of ether oxygens (including phenoxy) is 1. The van der Waals surface area contributed by atoms with Gasteiger partial charge in [0.05, 0.1) is 7.11 Å². The first-order valence-corrected chi connectivity index (χ1v) is 5.73. The molecule has 2 rings (SSSR count). The lowest BCUT2D eigenvalue weighted by molar-refractivity contribution is 0.412. The van der Waals surface area contributed by atoms with Crippen LogP contribution in [0.2, 0.25) is 0 Å². The van der Waals surface area contributed by atoms with E-state index in [0.717, 1.165) is 22.4 Å². The van der Waals surface area contributed by atoms with E-state index in [1.54, 1.807) is 20.1 Å². The number of halogens is 1. The van der Waals surface area contributed by atoms with Gasteiger partial charge in [0, 0.05) is 11.3 Å². The number of hydrogen-bond donors (Lipinski definition) is 1. The number of anilines is 1. The van der Waals surface area contributed by atoms with E-state index in [1.165, 1.54) is 6.07 Å². The summed E-state index contributed by atoms with van der Waals surface area (Å²) >= 11 is 0. The van der Waals surface area contributed by atoms with E-state index in [2.05, 4.69) is 0 Å². The maximum Gasteiger partial charge on any atom is 0.131 e. The molecule has 0 saturated heterocycles. The quantitative estimate of drug-likeness (QED) is 0.819. The number of nitrogen functional groups attached to an aromatic ring is 1. The molecule has 0 atom stereocenters. The number of nitrogens with two attached hydrogens (primary N) is 1. The number of rotatable bonds is 2. The highest BCUT2D eigenvalue weighted by Gasteiger charge is 2.09. The van der Waals surface area contributed by atoms with Crippen LogP contribution in [0.4, 0.5) is 10.1 Å². The van der Waals surface area contributed by atoms with Gasteiger partial charge >= 0.3 is 0 Å². The third-order valence-electron chi connectivity index (χ3n) is 3.06. The van der Waals surface area contributed by atoms with Gasteiger partial charge in [0.1, 0.15) is 11.6 Å². The fourth-order valence-electron chi connectivity index (χ4n) is 1.96. The monoisotopic (exact) mass is 245 g/mol. The van der Waals surface area contributed by atoms with Gasteiger partial charge in [-0.3, -0.25) is 0 Å². The lowest BCUT2D eigenvalue weighted by Crippen LogP contribution is -1.94. The van der Waals surface area contributed by atoms with Gasteiger partial charge in [-0.1, -0.05) is 6.07 Å². The van der Waals surface area contributed by atoms with Crippen LogP contribution in [0.5, 0.6) is 5.75 Å². The summed E-state index contributed by atoms with van der Waals surface area (Å²) in [6.07, 6.45) is 0. The van der Waals surface area contributed by atoms with Crippen LogP contribution in [0.1, 0.15) is 11.1 Å². The van der Waals surface area contributed by atoms with Gasteiger partial charge in [0.2, 0.25) is 0 Å². The fraction of sp³-hybridized carbons (Fsp3) is 0.200. The van der Waals surface area contributed by atoms with E-state index in [9.17, 15) is 4.39 Å². The Morgan fingerprint density at radius 2 is 1.78 bits per heavy atom. The molecular formula is C15H16FNO. The van der Waals surface area contributed by atoms with Crippen molar-refractivity contribution in [3.05, 3.63) is 47.3 Å². The molecule has 3 heteroatoms. The van der Waals surface area contributed by atoms with Crippen LogP contribution in [-0.2, 0) is 0 Å². The predicted molar refractivity (Wildman–Crippen MR) is 72.3 cm³/mol. The zero-order valence-electron chi connectivity index (χ0n) is 10.8. The summed E-state index contributed by atoms with van der Waals surface area (Å²) in [5.74, 6) is 0.533. The van der Waals surface area contributed by atoms with Crippen LogP contribution in [0.3, 0.4) is 0 Å². The SMILES string of the molecule is COc1ccc(-c2cc(N)c(C)cc2F)cc1C. The normalized spacial score (nSPS) is 10.4. The van der Waals surface area contributed by atoms with Gasteiger partial charge in [0.25, 0.3) is 0 Å². The van der Waals surface area contributed by atoms with Crippen molar-refractivity contribution in [3.63, 3.8) is 0 Å². The Hall–Kier alpha value is -2.03. The molecule has 94 valence electrons. The van der Waals surface area contributed by atoms with E-state index >= 15 is 0 Å².